The van der Waals surface area contributed by atoms with Gasteiger partial charge in [0.25, 0.3) is 5.91 Å². The molecule has 4 rings (SSSR count). The predicted octanol–water partition coefficient (Wildman–Crippen LogP) is 4.16. The molecule has 0 unspecified atom stereocenters. The maximum Gasteiger partial charge on any atom is 0.274 e. The van der Waals surface area contributed by atoms with Gasteiger partial charge in [0.2, 0.25) is 0 Å². The van der Waals surface area contributed by atoms with E-state index in [0.29, 0.717) is 22.2 Å². The lowest BCUT2D eigenvalue weighted by Crippen LogP contribution is -2.14. The number of aryl methyl sites for hydroxylation is 1. The molecule has 0 bridgehead atoms. The van der Waals surface area contributed by atoms with Gasteiger partial charge in [-0.3, -0.25) is 9.20 Å². The molecule has 5 nitrogen and oxygen atoms in total. The molecule has 0 saturated heterocycles. The van der Waals surface area contributed by atoms with Gasteiger partial charge in [-0.2, -0.15) is 0 Å². The molecule has 1 N–H and O–H groups in total. The molecule has 124 valence electrons. The summed E-state index contributed by atoms with van der Waals surface area (Å²) in [5.74, 6) is -0.0499. The second-order valence-electron chi connectivity index (χ2n) is 5.52. The van der Waals surface area contributed by atoms with Gasteiger partial charge in [0.05, 0.1) is 5.69 Å². The van der Waals surface area contributed by atoms with Gasteiger partial charge in [0, 0.05) is 22.8 Å². The smallest absolute Gasteiger partial charge is 0.274 e. The largest absolute Gasteiger partial charge is 0.305 e. The van der Waals surface area contributed by atoms with Gasteiger partial charge in [-0.05, 0) is 43.3 Å². The summed E-state index contributed by atoms with van der Waals surface area (Å²) in [4.78, 5) is 22.0. The van der Waals surface area contributed by atoms with Crippen molar-refractivity contribution in [2.45, 2.75) is 6.92 Å². The monoisotopic (exact) mass is 352 g/mol. The van der Waals surface area contributed by atoms with Crippen LogP contribution in [0.15, 0.2) is 54.0 Å². The Labute approximate surface area is 146 Å². The van der Waals surface area contributed by atoms with Crippen LogP contribution in [-0.2, 0) is 0 Å². The Morgan fingerprint density at radius 1 is 1.16 bits per heavy atom. The molecular weight excluding hydrogens is 339 g/mol. The Bertz CT molecular complexity index is 1070. The first-order valence-electron chi connectivity index (χ1n) is 7.58. The molecule has 0 aliphatic rings. The van der Waals surface area contributed by atoms with Gasteiger partial charge < -0.3 is 5.32 Å². The van der Waals surface area contributed by atoms with Gasteiger partial charge in [-0.15, -0.1) is 11.3 Å². The average molecular weight is 352 g/mol. The molecule has 0 aliphatic carbocycles. The number of carbonyl (C=O) groups excluding carboxylic acids is 1. The molecule has 1 amide bonds. The summed E-state index contributed by atoms with van der Waals surface area (Å²) in [6.45, 7) is 1.86. The highest BCUT2D eigenvalue weighted by molar-refractivity contribution is 7.15. The number of thiazole rings is 1. The third kappa shape index (κ3) is 3.01. The predicted molar refractivity (Wildman–Crippen MR) is 95.4 cm³/mol. The molecular formula is C18H13FN4OS. The lowest BCUT2D eigenvalue weighted by molar-refractivity contribution is 0.102. The third-order valence-corrected chi connectivity index (χ3v) is 4.55. The van der Waals surface area contributed by atoms with Crippen LogP contribution in [0.2, 0.25) is 0 Å². The van der Waals surface area contributed by atoms with E-state index in [1.165, 1.54) is 23.5 Å². The van der Waals surface area contributed by atoms with Crippen LogP contribution in [0.3, 0.4) is 0 Å². The molecule has 0 aliphatic heterocycles. The molecule has 7 heteroatoms. The summed E-state index contributed by atoms with van der Waals surface area (Å²) >= 11 is 1.37. The van der Waals surface area contributed by atoms with Crippen molar-refractivity contribution < 1.29 is 9.18 Å². The number of halogens is 1. The first-order valence-corrected chi connectivity index (χ1v) is 8.46. The maximum atomic E-state index is 13.1. The van der Waals surface area contributed by atoms with Gasteiger partial charge in [-0.1, -0.05) is 6.07 Å². The highest BCUT2D eigenvalue weighted by atomic mass is 32.1. The van der Waals surface area contributed by atoms with Crippen LogP contribution < -0.4 is 5.32 Å². The highest BCUT2D eigenvalue weighted by Gasteiger charge is 2.16. The number of amides is 1. The molecule has 0 atom stereocenters. The Morgan fingerprint density at radius 3 is 2.72 bits per heavy atom. The van der Waals surface area contributed by atoms with E-state index in [2.05, 4.69) is 15.3 Å². The number of nitrogens with one attached hydrogen (secondary N) is 1. The number of nitrogens with zero attached hydrogens (tertiary/aromatic N) is 3. The zero-order chi connectivity index (χ0) is 17.4. The number of imidazole rings is 1. The van der Waals surface area contributed by atoms with E-state index in [4.69, 9.17) is 0 Å². The van der Waals surface area contributed by atoms with Crippen molar-refractivity contribution in [3.8, 4) is 11.3 Å². The first kappa shape index (κ1) is 15.5. The SMILES string of the molecule is Cc1cccc(NC(=O)c2csc3nc(-c4ccc(F)cc4)cn23)n1. The van der Waals surface area contributed by atoms with Crippen molar-refractivity contribution in [3.05, 3.63) is 71.2 Å². The maximum absolute atomic E-state index is 13.1. The van der Waals surface area contributed by atoms with Crippen molar-refractivity contribution >= 4 is 28.0 Å². The number of aromatic nitrogens is 3. The molecule has 1 aromatic carbocycles. The van der Waals surface area contributed by atoms with Crippen LogP contribution in [0.5, 0.6) is 0 Å². The Hall–Kier alpha value is -3.06. The Balaban J connectivity index is 1.66. The number of pyridine rings is 1. The summed E-state index contributed by atoms with van der Waals surface area (Å²) in [5.41, 5.74) is 2.79. The van der Waals surface area contributed by atoms with E-state index in [1.807, 2.05) is 19.1 Å². The minimum absolute atomic E-state index is 0.257. The third-order valence-electron chi connectivity index (χ3n) is 3.71. The van der Waals surface area contributed by atoms with Crippen LogP contribution in [-0.4, -0.2) is 20.3 Å². The van der Waals surface area contributed by atoms with Gasteiger partial charge in [0.1, 0.15) is 17.3 Å². The summed E-state index contributed by atoms with van der Waals surface area (Å²) < 4.78 is 14.8. The Morgan fingerprint density at radius 2 is 1.96 bits per heavy atom. The number of fused-ring (bicyclic) bond motifs is 1. The molecule has 0 saturated carbocycles. The summed E-state index contributed by atoms with van der Waals surface area (Å²) in [5, 5.41) is 4.54. The number of benzene rings is 1. The number of anilines is 1. The second-order valence-corrected chi connectivity index (χ2v) is 6.36. The van der Waals surface area contributed by atoms with Crippen molar-refractivity contribution in [3.63, 3.8) is 0 Å². The Kier molecular flexibility index (Phi) is 3.77. The lowest BCUT2D eigenvalue weighted by atomic mass is 10.2. The van der Waals surface area contributed by atoms with Gasteiger partial charge in [0.15, 0.2) is 4.96 Å². The van der Waals surface area contributed by atoms with Gasteiger partial charge in [-0.25, -0.2) is 14.4 Å². The van der Waals surface area contributed by atoms with Crippen molar-refractivity contribution in [1.29, 1.82) is 0 Å². The van der Waals surface area contributed by atoms with Crippen LogP contribution in [0.25, 0.3) is 16.2 Å². The quantitative estimate of drug-likeness (QED) is 0.602. The normalized spacial score (nSPS) is 11.0. The fourth-order valence-electron chi connectivity index (χ4n) is 2.50. The minimum Gasteiger partial charge on any atom is -0.305 e. The number of carbonyl (C=O) groups is 1. The molecule has 3 heterocycles. The van der Waals surface area contributed by atoms with Crippen molar-refractivity contribution in [2.75, 3.05) is 5.32 Å². The minimum atomic E-state index is -0.296. The second kappa shape index (κ2) is 6.10. The van der Waals surface area contributed by atoms with E-state index in [0.717, 1.165) is 11.3 Å². The molecule has 4 aromatic rings. The van der Waals surface area contributed by atoms with E-state index >= 15 is 0 Å². The van der Waals surface area contributed by atoms with Crippen molar-refractivity contribution in [1.82, 2.24) is 14.4 Å². The molecule has 0 radical (unpaired) electrons. The number of rotatable bonds is 3. The summed E-state index contributed by atoms with van der Waals surface area (Å²) in [6, 6.07) is 11.6. The molecule has 25 heavy (non-hydrogen) atoms. The van der Waals surface area contributed by atoms with Crippen LogP contribution >= 0.6 is 11.3 Å². The number of hydrogen-bond donors (Lipinski definition) is 1. The zero-order valence-corrected chi connectivity index (χ0v) is 14.0. The molecule has 0 spiro atoms. The van der Waals surface area contributed by atoms with Crippen LogP contribution in [0.4, 0.5) is 10.2 Å². The van der Waals surface area contributed by atoms with Crippen LogP contribution in [0, 0.1) is 12.7 Å². The fraction of sp³-hybridized carbons (Fsp3) is 0.0556. The van der Waals surface area contributed by atoms with Crippen molar-refractivity contribution in [2.24, 2.45) is 0 Å². The highest BCUT2D eigenvalue weighted by Crippen LogP contribution is 2.24. The summed E-state index contributed by atoms with van der Waals surface area (Å²) in [6.07, 6.45) is 1.78. The van der Waals surface area contributed by atoms with E-state index in [1.54, 1.807) is 34.2 Å². The van der Waals surface area contributed by atoms with Crippen LogP contribution in [0.1, 0.15) is 16.2 Å². The van der Waals surface area contributed by atoms with E-state index < -0.39 is 0 Å². The standard InChI is InChI=1S/C18H13FN4OS/c1-11-3-2-4-16(20-11)22-17(24)15-10-25-18-21-14(9-23(15)18)12-5-7-13(19)8-6-12/h2-10H,1H3,(H,20,22,24). The molecule has 3 aromatic heterocycles. The topological polar surface area (TPSA) is 59.3 Å². The van der Waals surface area contributed by atoms with E-state index in [-0.39, 0.29) is 11.7 Å². The van der Waals surface area contributed by atoms with E-state index in [9.17, 15) is 9.18 Å². The summed E-state index contributed by atoms with van der Waals surface area (Å²) in [7, 11) is 0. The molecule has 0 fully saturated rings. The number of hydrogen-bond acceptors (Lipinski definition) is 4. The lowest BCUT2D eigenvalue weighted by Gasteiger charge is -2.04. The average Bonchev–Trinajstić information content (AvgIpc) is 3.16. The zero-order valence-electron chi connectivity index (χ0n) is 13.2. The fourth-order valence-corrected chi connectivity index (χ4v) is 3.35. The first-order chi connectivity index (χ1) is 12.1. The van der Waals surface area contributed by atoms with Gasteiger partial charge >= 0.3 is 0 Å².